The van der Waals surface area contributed by atoms with Gasteiger partial charge >= 0.3 is 5.97 Å². The van der Waals surface area contributed by atoms with Gasteiger partial charge in [-0.05, 0) is 37.5 Å². The Bertz CT molecular complexity index is 599. The summed E-state index contributed by atoms with van der Waals surface area (Å²) in [7, 11) is 1.54. The Morgan fingerprint density at radius 3 is 2.41 bits per heavy atom. The summed E-state index contributed by atoms with van der Waals surface area (Å²) >= 11 is 0. The van der Waals surface area contributed by atoms with Crippen LogP contribution >= 0.6 is 0 Å². The van der Waals surface area contributed by atoms with Crippen molar-refractivity contribution < 1.29 is 23.5 Å². The summed E-state index contributed by atoms with van der Waals surface area (Å²) in [4.78, 5) is 25.0. The van der Waals surface area contributed by atoms with Gasteiger partial charge in [-0.2, -0.15) is 0 Å². The number of benzene rings is 1. The smallest absolute Gasteiger partial charge is 0.310 e. The highest BCUT2D eigenvalue weighted by Crippen LogP contribution is 2.44. The van der Waals surface area contributed by atoms with Gasteiger partial charge in [0.1, 0.15) is 0 Å². The molecule has 0 saturated heterocycles. The number of halogens is 2. The molecule has 0 heterocycles. The Labute approximate surface area is 127 Å². The number of amides is 1. The van der Waals surface area contributed by atoms with Crippen LogP contribution in [-0.2, 0) is 9.59 Å². The standard InChI is InChI=1S/C16H19F2NO3/c1-10(11-4-5-12(17)13(18)8-11)19(2)14(20)9-16(15(21)22)6-3-7-16/h4-5,8,10H,3,6-7,9H2,1-2H3,(H,21,22). The predicted octanol–water partition coefficient (Wildman–Crippen LogP) is 3.13. The molecule has 4 nitrogen and oxygen atoms in total. The SMILES string of the molecule is CC(c1ccc(F)c(F)c1)N(C)C(=O)CC1(C(=O)O)CCC1. The number of hydrogen-bond acceptors (Lipinski definition) is 2. The van der Waals surface area contributed by atoms with Gasteiger partial charge in [0.2, 0.25) is 5.91 Å². The van der Waals surface area contributed by atoms with Crippen LogP contribution in [0.1, 0.15) is 44.2 Å². The monoisotopic (exact) mass is 311 g/mol. The number of rotatable bonds is 5. The Morgan fingerprint density at radius 2 is 1.95 bits per heavy atom. The lowest BCUT2D eigenvalue weighted by atomic mass is 9.66. The van der Waals surface area contributed by atoms with E-state index >= 15 is 0 Å². The Morgan fingerprint density at radius 1 is 1.32 bits per heavy atom. The average Bonchev–Trinajstić information content (AvgIpc) is 2.43. The van der Waals surface area contributed by atoms with E-state index < -0.39 is 29.1 Å². The van der Waals surface area contributed by atoms with Crippen LogP contribution in [0, 0.1) is 17.0 Å². The molecule has 1 aromatic carbocycles. The summed E-state index contributed by atoms with van der Waals surface area (Å²) in [5.74, 6) is -3.16. The predicted molar refractivity (Wildman–Crippen MR) is 76.1 cm³/mol. The second-order valence-corrected chi connectivity index (χ2v) is 5.97. The zero-order chi connectivity index (χ0) is 16.5. The number of carboxylic acids is 1. The van der Waals surface area contributed by atoms with Crippen molar-refractivity contribution >= 4 is 11.9 Å². The topological polar surface area (TPSA) is 57.6 Å². The van der Waals surface area contributed by atoms with Crippen molar-refractivity contribution in [3.8, 4) is 0 Å². The Balaban J connectivity index is 2.09. The molecule has 0 aromatic heterocycles. The molecule has 1 aliphatic rings. The first-order valence-corrected chi connectivity index (χ1v) is 7.21. The minimum absolute atomic E-state index is 0.0626. The molecule has 2 rings (SSSR count). The van der Waals surface area contributed by atoms with E-state index in [2.05, 4.69) is 0 Å². The largest absolute Gasteiger partial charge is 0.481 e. The second-order valence-electron chi connectivity index (χ2n) is 5.97. The highest BCUT2D eigenvalue weighted by atomic mass is 19.2. The van der Waals surface area contributed by atoms with Gasteiger partial charge in [-0.3, -0.25) is 9.59 Å². The molecule has 120 valence electrons. The van der Waals surface area contributed by atoms with Crippen molar-refractivity contribution in [2.45, 2.75) is 38.6 Å². The molecule has 0 aliphatic heterocycles. The third-order valence-electron chi connectivity index (χ3n) is 4.65. The van der Waals surface area contributed by atoms with Gasteiger partial charge in [0.15, 0.2) is 11.6 Å². The van der Waals surface area contributed by atoms with E-state index in [-0.39, 0.29) is 12.3 Å². The maximum Gasteiger partial charge on any atom is 0.310 e. The maximum atomic E-state index is 13.3. The third kappa shape index (κ3) is 2.96. The molecule has 1 amide bonds. The van der Waals surface area contributed by atoms with Crippen LogP contribution in [0.25, 0.3) is 0 Å². The van der Waals surface area contributed by atoms with Crippen LogP contribution in [0.3, 0.4) is 0 Å². The van der Waals surface area contributed by atoms with Gasteiger partial charge in [0.25, 0.3) is 0 Å². The van der Waals surface area contributed by atoms with Gasteiger partial charge in [0, 0.05) is 13.5 Å². The molecular formula is C16H19F2NO3. The number of carboxylic acid groups (broad SMARTS) is 1. The van der Waals surface area contributed by atoms with Gasteiger partial charge in [-0.15, -0.1) is 0 Å². The van der Waals surface area contributed by atoms with Crippen molar-refractivity contribution in [1.29, 1.82) is 0 Å². The second kappa shape index (κ2) is 6.02. The number of carbonyl (C=O) groups is 2. The summed E-state index contributed by atoms with van der Waals surface area (Å²) < 4.78 is 26.3. The van der Waals surface area contributed by atoms with E-state index in [9.17, 15) is 23.5 Å². The van der Waals surface area contributed by atoms with E-state index in [1.807, 2.05) is 0 Å². The van der Waals surface area contributed by atoms with Crippen molar-refractivity contribution in [1.82, 2.24) is 4.90 Å². The highest BCUT2D eigenvalue weighted by molar-refractivity contribution is 5.85. The van der Waals surface area contributed by atoms with Gasteiger partial charge < -0.3 is 10.0 Å². The van der Waals surface area contributed by atoms with E-state index in [4.69, 9.17) is 0 Å². The average molecular weight is 311 g/mol. The lowest BCUT2D eigenvalue weighted by Crippen LogP contribution is -2.43. The zero-order valence-electron chi connectivity index (χ0n) is 12.6. The van der Waals surface area contributed by atoms with Crippen LogP contribution in [0.4, 0.5) is 8.78 Å². The molecule has 1 saturated carbocycles. The molecule has 1 aliphatic carbocycles. The summed E-state index contributed by atoms with van der Waals surface area (Å²) in [6.45, 7) is 1.69. The number of carbonyl (C=O) groups excluding carboxylic acids is 1. The summed E-state index contributed by atoms with van der Waals surface area (Å²) in [5, 5.41) is 9.27. The first kappa shape index (κ1) is 16.4. The normalized spacial score (nSPS) is 17.5. The molecule has 1 N–H and O–H groups in total. The first-order chi connectivity index (χ1) is 10.3. The first-order valence-electron chi connectivity index (χ1n) is 7.21. The van der Waals surface area contributed by atoms with Crippen LogP contribution in [0.5, 0.6) is 0 Å². The Kier molecular flexibility index (Phi) is 4.49. The lowest BCUT2D eigenvalue weighted by Gasteiger charge is -2.38. The molecule has 0 bridgehead atoms. The van der Waals surface area contributed by atoms with Crippen molar-refractivity contribution in [3.63, 3.8) is 0 Å². The fourth-order valence-electron chi connectivity index (χ4n) is 2.70. The molecular weight excluding hydrogens is 292 g/mol. The van der Waals surface area contributed by atoms with E-state index in [0.717, 1.165) is 18.6 Å². The van der Waals surface area contributed by atoms with Gasteiger partial charge in [-0.25, -0.2) is 8.78 Å². The van der Waals surface area contributed by atoms with E-state index in [1.165, 1.54) is 11.0 Å². The number of nitrogens with zero attached hydrogens (tertiary/aromatic N) is 1. The van der Waals surface area contributed by atoms with Crippen molar-refractivity contribution in [3.05, 3.63) is 35.4 Å². The van der Waals surface area contributed by atoms with Gasteiger partial charge in [-0.1, -0.05) is 12.5 Å². The summed E-state index contributed by atoms with van der Waals surface area (Å²) in [5.41, 5.74) is -0.494. The fourth-order valence-corrected chi connectivity index (χ4v) is 2.70. The zero-order valence-corrected chi connectivity index (χ0v) is 12.6. The summed E-state index contributed by atoms with van der Waals surface area (Å²) in [6, 6.07) is 3.03. The minimum atomic E-state index is -0.966. The third-order valence-corrected chi connectivity index (χ3v) is 4.65. The van der Waals surface area contributed by atoms with Crippen LogP contribution in [0.2, 0.25) is 0 Å². The lowest BCUT2D eigenvalue weighted by molar-refractivity contribution is -0.159. The molecule has 1 atom stereocenters. The molecule has 22 heavy (non-hydrogen) atoms. The van der Waals surface area contributed by atoms with Crippen LogP contribution in [0.15, 0.2) is 18.2 Å². The molecule has 1 unspecified atom stereocenters. The molecule has 6 heteroatoms. The fraction of sp³-hybridized carbons (Fsp3) is 0.500. The molecule has 1 fully saturated rings. The van der Waals surface area contributed by atoms with Crippen LogP contribution in [-0.4, -0.2) is 28.9 Å². The number of aliphatic carboxylic acids is 1. The Hall–Kier alpha value is -1.98. The molecule has 0 spiro atoms. The van der Waals surface area contributed by atoms with Crippen LogP contribution < -0.4 is 0 Å². The van der Waals surface area contributed by atoms with Crippen molar-refractivity contribution in [2.24, 2.45) is 5.41 Å². The maximum absolute atomic E-state index is 13.3. The highest BCUT2D eigenvalue weighted by Gasteiger charge is 2.46. The molecule has 1 aromatic rings. The summed E-state index contributed by atoms with van der Waals surface area (Å²) in [6.07, 6.45) is 1.75. The van der Waals surface area contributed by atoms with E-state index in [0.29, 0.717) is 18.4 Å². The van der Waals surface area contributed by atoms with Gasteiger partial charge in [0.05, 0.1) is 11.5 Å². The quantitative estimate of drug-likeness (QED) is 0.909. The minimum Gasteiger partial charge on any atom is -0.481 e. The van der Waals surface area contributed by atoms with Crippen molar-refractivity contribution in [2.75, 3.05) is 7.05 Å². The van der Waals surface area contributed by atoms with E-state index in [1.54, 1.807) is 14.0 Å². The number of hydrogen-bond donors (Lipinski definition) is 1. The molecule has 0 radical (unpaired) electrons.